The van der Waals surface area contributed by atoms with Gasteiger partial charge in [0.2, 0.25) is 0 Å². The predicted octanol–water partition coefficient (Wildman–Crippen LogP) is 3.27. The molecule has 0 fully saturated rings. The Bertz CT molecular complexity index is 499. The lowest BCUT2D eigenvalue weighted by molar-refractivity contribution is -0.144. The van der Waals surface area contributed by atoms with E-state index in [1.807, 2.05) is 32.4 Å². The van der Waals surface area contributed by atoms with Gasteiger partial charge in [-0.25, -0.2) is 0 Å². The molecular formula is C15H26BrN3O2. The number of carboxylic acids is 1. The monoisotopic (exact) mass is 359 g/mol. The van der Waals surface area contributed by atoms with Crippen LogP contribution >= 0.6 is 15.9 Å². The van der Waals surface area contributed by atoms with Gasteiger partial charge < -0.3 is 5.11 Å². The molecule has 0 aliphatic rings. The molecule has 0 aromatic carbocycles. The standard InChI is InChI=1S/C15H26BrN3O2/c1-10(2)17-15(5,14(20)21)8-6-7-9-19-12(4)13(16)11(3)18-19/h10,17H,6-9H2,1-5H3,(H,20,21). The Hall–Kier alpha value is -0.880. The SMILES string of the molecule is Cc1nn(CCCCC(C)(NC(C)C)C(=O)O)c(C)c1Br. The Labute approximate surface area is 135 Å². The molecule has 1 heterocycles. The van der Waals surface area contributed by atoms with Crippen LogP contribution in [0.4, 0.5) is 0 Å². The molecular weight excluding hydrogens is 334 g/mol. The van der Waals surface area contributed by atoms with E-state index in [1.54, 1.807) is 6.92 Å². The first-order valence-electron chi connectivity index (χ1n) is 7.38. The van der Waals surface area contributed by atoms with Crippen molar-refractivity contribution < 1.29 is 9.90 Å². The Morgan fingerprint density at radius 3 is 2.48 bits per heavy atom. The highest BCUT2D eigenvalue weighted by Gasteiger charge is 2.32. The van der Waals surface area contributed by atoms with Crippen LogP contribution in [0, 0.1) is 13.8 Å². The Balaban J connectivity index is 2.52. The minimum absolute atomic E-state index is 0.151. The van der Waals surface area contributed by atoms with Gasteiger partial charge in [0.1, 0.15) is 5.54 Å². The summed E-state index contributed by atoms with van der Waals surface area (Å²) in [6, 6.07) is 0.151. The number of hydrogen-bond donors (Lipinski definition) is 2. The van der Waals surface area contributed by atoms with Gasteiger partial charge in [0.25, 0.3) is 0 Å². The number of carbonyl (C=O) groups is 1. The normalized spacial score (nSPS) is 14.4. The molecule has 0 amide bonds. The third-order valence-corrected chi connectivity index (χ3v) is 4.82. The van der Waals surface area contributed by atoms with Crippen molar-refractivity contribution in [2.75, 3.05) is 0 Å². The Morgan fingerprint density at radius 1 is 1.43 bits per heavy atom. The van der Waals surface area contributed by atoms with E-state index < -0.39 is 11.5 Å². The topological polar surface area (TPSA) is 67.2 Å². The number of aryl methyl sites for hydroxylation is 2. The second-order valence-corrected chi connectivity index (χ2v) is 6.89. The van der Waals surface area contributed by atoms with Crippen LogP contribution in [0.2, 0.25) is 0 Å². The second kappa shape index (κ2) is 7.40. The Morgan fingerprint density at radius 2 is 2.05 bits per heavy atom. The maximum Gasteiger partial charge on any atom is 0.323 e. The van der Waals surface area contributed by atoms with E-state index in [-0.39, 0.29) is 6.04 Å². The molecule has 0 saturated heterocycles. The molecule has 2 N–H and O–H groups in total. The van der Waals surface area contributed by atoms with Crippen molar-refractivity contribution in [2.24, 2.45) is 0 Å². The molecule has 0 spiro atoms. The molecule has 1 atom stereocenters. The van der Waals surface area contributed by atoms with Crippen LogP contribution in [0.5, 0.6) is 0 Å². The van der Waals surface area contributed by atoms with E-state index in [0.717, 1.165) is 35.2 Å². The largest absolute Gasteiger partial charge is 0.480 e. The van der Waals surface area contributed by atoms with Crippen molar-refractivity contribution in [3.8, 4) is 0 Å². The fourth-order valence-electron chi connectivity index (χ4n) is 2.51. The first-order chi connectivity index (χ1) is 9.67. The number of carboxylic acid groups (broad SMARTS) is 1. The zero-order valence-electron chi connectivity index (χ0n) is 13.5. The van der Waals surface area contributed by atoms with Crippen molar-refractivity contribution in [1.82, 2.24) is 15.1 Å². The number of hydrogen-bond acceptors (Lipinski definition) is 3. The van der Waals surface area contributed by atoms with Gasteiger partial charge in [-0.15, -0.1) is 0 Å². The fourth-order valence-corrected chi connectivity index (χ4v) is 2.79. The molecule has 1 unspecified atom stereocenters. The zero-order valence-corrected chi connectivity index (χ0v) is 15.1. The summed E-state index contributed by atoms with van der Waals surface area (Å²) in [5.41, 5.74) is 1.25. The Kier molecular flexibility index (Phi) is 6.41. The van der Waals surface area contributed by atoms with Crippen molar-refractivity contribution in [1.29, 1.82) is 0 Å². The average Bonchev–Trinajstić information content (AvgIpc) is 2.61. The van der Waals surface area contributed by atoms with Crippen LogP contribution < -0.4 is 5.32 Å². The molecule has 21 heavy (non-hydrogen) atoms. The minimum Gasteiger partial charge on any atom is -0.480 e. The smallest absolute Gasteiger partial charge is 0.323 e. The van der Waals surface area contributed by atoms with Crippen LogP contribution in [0.15, 0.2) is 4.47 Å². The third-order valence-electron chi connectivity index (χ3n) is 3.67. The van der Waals surface area contributed by atoms with Crippen molar-refractivity contribution in [2.45, 2.75) is 72.0 Å². The molecule has 1 rings (SSSR count). The summed E-state index contributed by atoms with van der Waals surface area (Å²) in [6.45, 7) is 10.5. The summed E-state index contributed by atoms with van der Waals surface area (Å²) in [5, 5.41) is 17.0. The predicted molar refractivity (Wildman–Crippen MR) is 87.6 cm³/mol. The summed E-state index contributed by atoms with van der Waals surface area (Å²) < 4.78 is 3.03. The molecule has 1 aromatic heterocycles. The van der Waals surface area contributed by atoms with E-state index in [4.69, 9.17) is 0 Å². The van der Waals surface area contributed by atoms with Crippen molar-refractivity contribution in [3.05, 3.63) is 15.9 Å². The van der Waals surface area contributed by atoms with E-state index in [1.165, 1.54) is 0 Å². The minimum atomic E-state index is -0.857. The summed E-state index contributed by atoms with van der Waals surface area (Å²) in [4.78, 5) is 11.4. The van der Waals surface area contributed by atoms with E-state index >= 15 is 0 Å². The molecule has 0 aliphatic heterocycles. The number of unbranched alkanes of at least 4 members (excludes halogenated alkanes) is 1. The first kappa shape index (κ1) is 18.2. The van der Waals surface area contributed by atoms with Gasteiger partial charge in [-0.2, -0.15) is 5.10 Å². The maximum atomic E-state index is 11.4. The average molecular weight is 360 g/mol. The van der Waals surface area contributed by atoms with Crippen molar-refractivity contribution in [3.63, 3.8) is 0 Å². The summed E-state index contributed by atoms with van der Waals surface area (Å²) in [7, 11) is 0. The summed E-state index contributed by atoms with van der Waals surface area (Å²) >= 11 is 3.52. The lowest BCUT2D eigenvalue weighted by Gasteiger charge is -2.28. The number of halogens is 1. The van der Waals surface area contributed by atoms with Gasteiger partial charge in [-0.3, -0.25) is 14.8 Å². The van der Waals surface area contributed by atoms with E-state index in [9.17, 15) is 9.90 Å². The lowest BCUT2D eigenvalue weighted by Crippen LogP contribution is -2.52. The molecule has 6 heteroatoms. The van der Waals surface area contributed by atoms with Crippen LogP contribution in [0.1, 0.15) is 51.4 Å². The summed E-state index contributed by atoms with van der Waals surface area (Å²) in [6.07, 6.45) is 2.37. The van der Waals surface area contributed by atoms with E-state index in [2.05, 4.69) is 26.3 Å². The van der Waals surface area contributed by atoms with Crippen LogP contribution in [-0.2, 0) is 11.3 Å². The van der Waals surface area contributed by atoms with Crippen LogP contribution in [0.3, 0.4) is 0 Å². The van der Waals surface area contributed by atoms with Gasteiger partial charge in [0.05, 0.1) is 10.2 Å². The highest BCUT2D eigenvalue weighted by Crippen LogP contribution is 2.21. The van der Waals surface area contributed by atoms with Gasteiger partial charge in [0, 0.05) is 18.3 Å². The third kappa shape index (κ3) is 4.81. The second-order valence-electron chi connectivity index (χ2n) is 6.10. The number of nitrogens with zero attached hydrogens (tertiary/aromatic N) is 2. The van der Waals surface area contributed by atoms with Crippen LogP contribution in [-0.4, -0.2) is 32.4 Å². The fraction of sp³-hybridized carbons (Fsp3) is 0.733. The van der Waals surface area contributed by atoms with Crippen LogP contribution in [0.25, 0.3) is 0 Å². The molecule has 5 nitrogen and oxygen atoms in total. The lowest BCUT2D eigenvalue weighted by atomic mass is 9.94. The molecule has 0 aliphatic carbocycles. The quantitative estimate of drug-likeness (QED) is 0.699. The maximum absolute atomic E-state index is 11.4. The van der Waals surface area contributed by atoms with Gasteiger partial charge >= 0.3 is 5.97 Å². The number of rotatable bonds is 8. The number of aliphatic carboxylic acids is 1. The molecule has 0 radical (unpaired) electrons. The number of aromatic nitrogens is 2. The van der Waals surface area contributed by atoms with Gasteiger partial charge in [-0.05, 0) is 69.8 Å². The van der Waals surface area contributed by atoms with E-state index in [0.29, 0.717) is 6.42 Å². The first-order valence-corrected chi connectivity index (χ1v) is 8.17. The molecule has 0 bridgehead atoms. The zero-order chi connectivity index (χ0) is 16.2. The van der Waals surface area contributed by atoms with Crippen molar-refractivity contribution >= 4 is 21.9 Å². The molecule has 1 aromatic rings. The number of nitrogens with one attached hydrogen (secondary N) is 1. The van der Waals surface area contributed by atoms with Gasteiger partial charge in [0.15, 0.2) is 0 Å². The molecule has 120 valence electrons. The molecule has 0 saturated carbocycles. The highest BCUT2D eigenvalue weighted by atomic mass is 79.9. The highest BCUT2D eigenvalue weighted by molar-refractivity contribution is 9.10. The summed E-state index contributed by atoms with van der Waals surface area (Å²) in [5.74, 6) is -0.787. The van der Waals surface area contributed by atoms with Gasteiger partial charge in [-0.1, -0.05) is 0 Å².